The SMILES string of the molecule is COC(=O)c1ccccc1NC(=O)C(C)(C)C(=O)NCc1ccccn1. The molecule has 0 aliphatic carbocycles. The quantitative estimate of drug-likeness (QED) is 0.611. The number of amides is 2. The Morgan fingerprint density at radius 3 is 2.38 bits per heavy atom. The lowest BCUT2D eigenvalue weighted by Crippen LogP contribution is -2.45. The summed E-state index contributed by atoms with van der Waals surface area (Å²) in [6, 6.07) is 11.8. The van der Waals surface area contributed by atoms with Gasteiger partial charge in [-0.1, -0.05) is 18.2 Å². The molecule has 0 aliphatic heterocycles. The second-order valence-corrected chi connectivity index (χ2v) is 6.12. The van der Waals surface area contributed by atoms with Crippen LogP contribution in [0, 0.1) is 5.41 Å². The van der Waals surface area contributed by atoms with E-state index in [4.69, 9.17) is 4.74 Å². The molecule has 2 aromatic rings. The molecule has 26 heavy (non-hydrogen) atoms. The summed E-state index contributed by atoms with van der Waals surface area (Å²) in [6.45, 7) is 3.24. The van der Waals surface area contributed by atoms with Gasteiger partial charge in [0.15, 0.2) is 0 Å². The van der Waals surface area contributed by atoms with Crippen LogP contribution in [0.2, 0.25) is 0 Å². The number of anilines is 1. The van der Waals surface area contributed by atoms with Crippen LogP contribution in [0.25, 0.3) is 0 Å². The second-order valence-electron chi connectivity index (χ2n) is 6.12. The van der Waals surface area contributed by atoms with E-state index < -0.39 is 23.2 Å². The topological polar surface area (TPSA) is 97.4 Å². The lowest BCUT2D eigenvalue weighted by molar-refractivity contribution is -0.138. The van der Waals surface area contributed by atoms with Crippen LogP contribution in [0.3, 0.4) is 0 Å². The summed E-state index contributed by atoms with van der Waals surface area (Å²) in [5, 5.41) is 5.33. The van der Waals surface area contributed by atoms with Crippen LogP contribution in [0.15, 0.2) is 48.7 Å². The fourth-order valence-corrected chi connectivity index (χ4v) is 2.16. The first-order valence-electron chi connectivity index (χ1n) is 8.03. The van der Waals surface area contributed by atoms with Gasteiger partial charge >= 0.3 is 5.97 Å². The van der Waals surface area contributed by atoms with Gasteiger partial charge in [-0.15, -0.1) is 0 Å². The van der Waals surface area contributed by atoms with E-state index in [1.54, 1.807) is 36.5 Å². The summed E-state index contributed by atoms with van der Waals surface area (Å²) in [6.07, 6.45) is 1.63. The normalized spacial score (nSPS) is 10.7. The van der Waals surface area contributed by atoms with Gasteiger partial charge < -0.3 is 15.4 Å². The number of esters is 1. The summed E-state index contributed by atoms with van der Waals surface area (Å²) in [5.74, 6) is -1.55. The van der Waals surface area contributed by atoms with Crippen LogP contribution in [0.4, 0.5) is 5.69 Å². The highest BCUT2D eigenvalue weighted by Gasteiger charge is 2.36. The number of carbonyl (C=O) groups is 3. The van der Waals surface area contributed by atoms with Gasteiger partial charge in [0.05, 0.1) is 30.6 Å². The Morgan fingerprint density at radius 1 is 1.04 bits per heavy atom. The van der Waals surface area contributed by atoms with Crippen molar-refractivity contribution >= 4 is 23.5 Å². The number of rotatable bonds is 6. The number of para-hydroxylation sites is 1. The van der Waals surface area contributed by atoms with E-state index in [0.717, 1.165) is 0 Å². The summed E-state index contributed by atoms with van der Waals surface area (Å²) in [5.41, 5.74) is -0.158. The lowest BCUT2D eigenvalue weighted by atomic mass is 9.90. The average Bonchev–Trinajstić information content (AvgIpc) is 2.66. The van der Waals surface area contributed by atoms with E-state index in [1.165, 1.54) is 27.0 Å². The minimum atomic E-state index is -1.35. The van der Waals surface area contributed by atoms with Crippen LogP contribution < -0.4 is 10.6 Å². The van der Waals surface area contributed by atoms with Crippen molar-refractivity contribution in [2.24, 2.45) is 5.41 Å². The third kappa shape index (κ3) is 4.44. The number of carbonyl (C=O) groups excluding carboxylic acids is 3. The minimum Gasteiger partial charge on any atom is -0.465 e. The van der Waals surface area contributed by atoms with E-state index >= 15 is 0 Å². The third-order valence-electron chi connectivity index (χ3n) is 3.87. The minimum absolute atomic E-state index is 0.216. The highest BCUT2D eigenvalue weighted by Crippen LogP contribution is 2.22. The molecule has 0 fully saturated rings. The van der Waals surface area contributed by atoms with Gasteiger partial charge in [-0.2, -0.15) is 0 Å². The molecule has 2 N–H and O–H groups in total. The molecule has 1 aromatic heterocycles. The summed E-state index contributed by atoms with van der Waals surface area (Å²) in [7, 11) is 1.26. The van der Waals surface area contributed by atoms with Gasteiger partial charge in [0.25, 0.3) is 0 Å². The third-order valence-corrected chi connectivity index (χ3v) is 3.87. The van der Waals surface area contributed by atoms with Crippen LogP contribution in [-0.2, 0) is 20.9 Å². The highest BCUT2D eigenvalue weighted by atomic mass is 16.5. The molecule has 2 rings (SSSR count). The van der Waals surface area contributed by atoms with Crippen LogP contribution in [0.5, 0.6) is 0 Å². The predicted molar refractivity (Wildman–Crippen MR) is 96.3 cm³/mol. The zero-order valence-corrected chi connectivity index (χ0v) is 14.9. The van der Waals surface area contributed by atoms with E-state index in [0.29, 0.717) is 5.69 Å². The number of ether oxygens (including phenoxy) is 1. The number of pyridine rings is 1. The number of nitrogens with one attached hydrogen (secondary N) is 2. The van der Waals surface area contributed by atoms with Gasteiger partial charge in [0, 0.05) is 6.20 Å². The lowest BCUT2D eigenvalue weighted by Gasteiger charge is -2.23. The summed E-state index contributed by atoms with van der Waals surface area (Å²) >= 11 is 0. The Balaban J connectivity index is 2.08. The van der Waals surface area contributed by atoms with Crippen molar-refractivity contribution in [2.75, 3.05) is 12.4 Å². The molecule has 136 valence electrons. The highest BCUT2D eigenvalue weighted by molar-refractivity contribution is 6.11. The molecule has 0 unspecified atom stereocenters. The van der Waals surface area contributed by atoms with Crippen LogP contribution in [-0.4, -0.2) is 29.9 Å². The van der Waals surface area contributed by atoms with Crippen molar-refractivity contribution in [3.8, 4) is 0 Å². The Bertz CT molecular complexity index is 803. The molecule has 2 amide bonds. The van der Waals surface area contributed by atoms with E-state index in [2.05, 4.69) is 15.6 Å². The number of methoxy groups -OCH3 is 1. The molecular formula is C19H21N3O4. The first-order valence-corrected chi connectivity index (χ1v) is 8.03. The standard InChI is InChI=1S/C19H21N3O4/c1-19(2,17(24)21-12-13-8-6-7-11-20-13)18(25)22-15-10-5-4-9-14(15)16(23)26-3/h4-11H,12H2,1-3H3,(H,21,24)(H,22,25). The predicted octanol–water partition coefficient (Wildman–Crippen LogP) is 2.15. The zero-order valence-electron chi connectivity index (χ0n) is 14.9. The second kappa shape index (κ2) is 8.24. The number of benzene rings is 1. The van der Waals surface area contributed by atoms with Crippen molar-refractivity contribution in [1.29, 1.82) is 0 Å². The first-order chi connectivity index (χ1) is 12.4. The molecule has 0 spiro atoms. The number of hydrogen-bond acceptors (Lipinski definition) is 5. The largest absolute Gasteiger partial charge is 0.465 e. The van der Waals surface area contributed by atoms with Gasteiger partial charge in [0.2, 0.25) is 11.8 Å². The van der Waals surface area contributed by atoms with Crippen molar-refractivity contribution < 1.29 is 19.1 Å². The maximum absolute atomic E-state index is 12.6. The van der Waals surface area contributed by atoms with Gasteiger partial charge in [-0.25, -0.2) is 4.79 Å². The smallest absolute Gasteiger partial charge is 0.339 e. The number of nitrogens with zero attached hydrogens (tertiary/aromatic N) is 1. The molecule has 0 saturated heterocycles. The molecule has 1 heterocycles. The molecule has 0 atom stereocenters. The Hall–Kier alpha value is -3.22. The molecule has 0 saturated carbocycles. The van der Waals surface area contributed by atoms with E-state index in [-0.39, 0.29) is 17.8 Å². The fraction of sp³-hybridized carbons (Fsp3) is 0.263. The Labute approximate surface area is 151 Å². The maximum Gasteiger partial charge on any atom is 0.339 e. The van der Waals surface area contributed by atoms with E-state index in [1.807, 2.05) is 6.07 Å². The molecule has 7 heteroatoms. The molecule has 0 radical (unpaired) electrons. The van der Waals surface area contributed by atoms with Crippen LogP contribution >= 0.6 is 0 Å². The molecule has 1 aromatic carbocycles. The fourth-order valence-electron chi connectivity index (χ4n) is 2.16. The zero-order chi connectivity index (χ0) is 19.2. The van der Waals surface area contributed by atoms with Crippen LogP contribution in [0.1, 0.15) is 29.9 Å². The summed E-state index contributed by atoms with van der Waals surface area (Å²) in [4.78, 5) is 41.0. The average molecular weight is 355 g/mol. The molecular weight excluding hydrogens is 334 g/mol. The Morgan fingerprint density at radius 2 is 1.73 bits per heavy atom. The van der Waals surface area contributed by atoms with E-state index in [9.17, 15) is 14.4 Å². The van der Waals surface area contributed by atoms with Gasteiger partial charge in [-0.3, -0.25) is 14.6 Å². The monoisotopic (exact) mass is 355 g/mol. The molecule has 7 nitrogen and oxygen atoms in total. The maximum atomic E-state index is 12.6. The van der Waals surface area contributed by atoms with Crippen molar-refractivity contribution in [2.45, 2.75) is 20.4 Å². The van der Waals surface area contributed by atoms with Gasteiger partial charge in [-0.05, 0) is 38.1 Å². The van der Waals surface area contributed by atoms with Crippen molar-refractivity contribution in [3.05, 3.63) is 59.9 Å². The Kier molecular flexibility index (Phi) is 6.06. The molecule has 0 aliphatic rings. The first kappa shape index (κ1) is 19.1. The molecule has 0 bridgehead atoms. The number of hydrogen-bond donors (Lipinski definition) is 2. The van der Waals surface area contributed by atoms with Gasteiger partial charge in [0.1, 0.15) is 5.41 Å². The van der Waals surface area contributed by atoms with Crippen molar-refractivity contribution in [1.82, 2.24) is 10.3 Å². The number of aromatic nitrogens is 1. The van der Waals surface area contributed by atoms with Crippen molar-refractivity contribution in [3.63, 3.8) is 0 Å². The summed E-state index contributed by atoms with van der Waals surface area (Å²) < 4.78 is 4.70.